The van der Waals surface area contributed by atoms with Gasteiger partial charge in [0.2, 0.25) is 0 Å². The topological polar surface area (TPSA) is 54.3 Å². The van der Waals surface area contributed by atoms with Crippen LogP contribution in [0.25, 0.3) is 0 Å². The Morgan fingerprint density at radius 2 is 2.11 bits per heavy atom. The van der Waals surface area contributed by atoms with Gasteiger partial charge in [-0.1, -0.05) is 19.1 Å². The minimum absolute atomic E-state index is 0.0888. The molecule has 0 aromatic heterocycles. The van der Waals surface area contributed by atoms with E-state index in [1.165, 1.54) is 5.56 Å². The molecule has 1 aromatic rings. The van der Waals surface area contributed by atoms with Crippen LogP contribution in [0.4, 0.5) is 0 Å². The predicted molar refractivity (Wildman–Crippen MR) is 72.9 cm³/mol. The lowest BCUT2D eigenvalue weighted by atomic mass is 9.88. The summed E-state index contributed by atoms with van der Waals surface area (Å²) in [5.41, 5.74) is 1.50. The second-order valence-corrected chi connectivity index (χ2v) is 5.42. The second-order valence-electron chi connectivity index (χ2n) is 5.42. The molecular formula is C15H20N2O2. The number of hydrogen-bond donors (Lipinski definition) is 1. The Labute approximate surface area is 114 Å². The number of nitrogens with one attached hydrogen (secondary N) is 1. The summed E-state index contributed by atoms with van der Waals surface area (Å²) in [6.45, 7) is 7.11. The maximum absolute atomic E-state index is 8.45. The molecule has 0 spiro atoms. The lowest BCUT2D eigenvalue weighted by Crippen LogP contribution is -2.47. The van der Waals surface area contributed by atoms with E-state index < -0.39 is 0 Å². The summed E-state index contributed by atoms with van der Waals surface area (Å²) in [5.74, 6) is 0.733. The van der Waals surface area contributed by atoms with Crippen molar-refractivity contribution in [2.45, 2.75) is 19.9 Å². The van der Waals surface area contributed by atoms with E-state index in [0.29, 0.717) is 6.04 Å². The van der Waals surface area contributed by atoms with Gasteiger partial charge in [-0.25, -0.2) is 0 Å². The van der Waals surface area contributed by atoms with Crippen LogP contribution in [0.15, 0.2) is 24.3 Å². The smallest absolute Gasteiger partial charge is 0.174 e. The maximum Gasteiger partial charge on any atom is 0.174 e. The van der Waals surface area contributed by atoms with Gasteiger partial charge in [0.05, 0.1) is 13.2 Å². The van der Waals surface area contributed by atoms with Gasteiger partial charge in [-0.3, -0.25) is 0 Å². The number of rotatable bonds is 6. The molecule has 1 unspecified atom stereocenters. The normalized spacial score (nSPS) is 18.2. The number of nitrogens with zero attached hydrogens (tertiary/aromatic N) is 1. The summed E-state index contributed by atoms with van der Waals surface area (Å²) in [5, 5.41) is 12.0. The zero-order valence-corrected chi connectivity index (χ0v) is 11.5. The average Bonchev–Trinajstić information content (AvgIpc) is 2.41. The van der Waals surface area contributed by atoms with E-state index in [4.69, 9.17) is 14.7 Å². The molecule has 102 valence electrons. The molecule has 1 fully saturated rings. The quantitative estimate of drug-likeness (QED) is 0.852. The van der Waals surface area contributed by atoms with Crippen LogP contribution < -0.4 is 10.1 Å². The highest BCUT2D eigenvalue weighted by molar-refractivity contribution is 5.29. The fourth-order valence-corrected chi connectivity index (χ4v) is 2.04. The lowest BCUT2D eigenvalue weighted by Gasteiger charge is -2.39. The van der Waals surface area contributed by atoms with Gasteiger partial charge in [0.25, 0.3) is 0 Å². The van der Waals surface area contributed by atoms with Crippen molar-refractivity contribution >= 4 is 0 Å². The molecule has 0 saturated carbocycles. The number of hydrogen-bond acceptors (Lipinski definition) is 4. The van der Waals surface area contributed by atoms with Crippen LogP contribution in [-0.4, -0.2) is 26.4 Å². The van der Waals surface area contributed by atoms with Crippen LogP contribution in [0.2, 0.25) is 0 Å². The van der Waals surface area contributed by atoms with Crippen LogP contribution in [0.1, 0.15) is 25.5 Å². The minimum atomic E-state index is 0.0888. The van der Waals surface area contributed by atoms with Crippen molar-refractivity contribution in [3.63, 3.8) is 0 Å². The van der Waals surface area contributed by atoms with Crippen molar-refractivity contribution in [3.8, 4) is 11.8 Å². The van der Waals surface area contributed by atoms with Crippen LogP contribution in [0.5, 0.6) is 5.75 Å². The largest absolute Gasteiger partial charge is 0.479 e. The van der Waals surface area contributed by atoms with Crippen LogP contribution in [0.3, 0.4) is 0 Å². The molecule has 1 aliphatic heterocycles. The highest BCUT2D eigenvalue weighted by Crippen LogP contribution is 2.26. The molecular weight excluding hydrogens is 240 g/mol. The number of benzene rings is 1. The molecule has 19 heavy (non-hydrogen) atoms. The van der Waals surface area contributed by atoms with Gasteiger partial charge in [-0.05, 0) is 24.6 Å². The Kier molecular flexibility index (Phi) is 4.41. The van der Waals surface area contributed by atoms with Gasteiger partial charge in [0, 0.05) is 18.0 Å². The molecule has 0 radical (unpaired) electrons. The Balaban J connectivity index is 1.85. The first-order valence-electron chi connectivity index (χ1n) is 6.54. The summed E-state index contributed by atoms with van der Waals surface area (Å²) in [6.07, 6.45) is 0. The van der Waals surface area contributed by atoms with Crippen molar-refractivity contribution < 1.29 is 9.47 Å². The number of ether oxygens (including phenoxy) is 2. The zero-order valence-electron chi connectivity index (χ0n) is 11.5. The Morgan fingerprint density at radius 1 is 1.42 bits per heavy atom. The summed E-state index contributed by atoms with van der Waals surface area (Å²) in [4.78, 5) is 0. The van der Waals surface area contributed by atoms with Gasteiger partial charge in [-0.2, -0.15) is 5.26 Å². The third kappa shape index (κ3) is 3.69. The molecule has 4 heteroatoms. The van der Waals surface area contributed by atoms with Crippen molar-refractivity contribution in [3.05, 3.63) is 29.8 Å². The SMILES string of the molecule is CC(NCC1(C)COC1)c1ccc(OCC#N)cc1. The second kappa shape index (κ2) is 6.05. The van der Waals surface area contributed by atoms with E-state index in [2.05, 4.69) is 19.2 Å². The molecule has 1 heterocycles. The molecule has 1 atom stereocenters. The molecule has 4 nitrogen and oxygen atoms in total. The molecule has 0 bridgehead atoms. The molecule has 1 saturated heterocycles. The average molecular weight is 260 g/mol. The Hall–Kier alpha value is -1.57. The standard InChI is InChI=1S/C15H20N2O2/c1-12(17-9-15(2)10-18-11-15)13-3-5-14(6-4-13)19-8-7-16/h3-6,12,17H,8-11H2,1-2H3. The monoisotopic (exact) mass is 260 g/mol. The van der Waals surface area contributed by atoms with Crippen molar-refractivity contribution in [1.29, 1.82) is 5.26 Å². The third-order valence-electron chi connectivity index (χ3n) is 3.42. The third-order valence-corrected chi connectivity index (χ3v) is 3.42. The first-order valence-corrected chi connectivity index (χ1v) is 6.54. The lowest BCUT2D eigenvalue weighted by molar-refractivity contribution is -0.0999. The zero-order chi connectivity index (χ0) is 13.7. The van der Waals surface area contributed by atoms with Gasteiger partial charge >= 0.3 is 0 Å². The summed E-state index contributed by atoms with van der Waals surface area (Å²) >= 11 is 0. The van der Waals surface area contributed by atoms with Crippen molar-refractivity contribution in [1.82, 2.24) is 5.32 Å². The van der Waals surface area contributed by atoms with Crippen molar-refractivity contribution in [2.75, 3.05) is 26.4 Å². The van der Waals surface area contributed by atoms with Gasteiger partial charge < -0.3 is 14.8 Å². The first kappa shape index (κ1) is 13.9. The van der Waals surface area contributed by atoms with E-state index in [9.17, 15) is 0 Å². The molecule has 0 aliphatic carbocycles. The highest BCUT2D eigenvalue weighted by Gasteiger charge is 2.33. The molecule has 1 aromatic carbocycles. The van der Waals surface area contributed by atoms with Gasteiger partial charge in [0.1, 0.15) is 11.8 Å². The van der Waals surface area contributed by atoms with E-state index in [-0.39, 0.29) is 12.0 Å². The highest BCUT2D eigenvalue weighted by atomic mass is 16.5. The predicted octanol–water partition coefficient (Wildman–Crippen LogP) is 2.28. The molecule has 2 rings (SSSR count). The van der Waals surface area contributed by atoms with E-state index in [1.807, 2.05) is 30.3 Å². The van der Waals surface area contributed by atoms with E-state index >= 15 is 0 Å². The molecule has 0 amide bonds. The van der Waals surface area contributed by atoms with E-state index in [1.54, 1.807) is 0 Å². The van der Waals surface area contributed by atoms with Gasteiger partial charge in [-0.15, -0.1) is 0 Å². The van der Waals surface area contributed by atoms with Gasteiger partial charge in [0.15, 0.2) is 6.61 Å². The first-order chi connectivity index (χ1) is 9.13. The fourth-order valence-electron chi connectivity index (χ4n) is 2.04. The minimum Gasteiger partial charge on any atom is -0.479 e. The number of nitriles is 1. The Morgan fingerprint density at radius 3 is 2.63 bits per heavy atom. The fraction of sp³-hybridized carbons (Fsp3) is 0.533. The summed E-state index contributed by atoms with van der Waals surface area (Å²) in [7, 11) is 0. The van der Waals surface area contributed by atoms with Crippen LogP contribution in [-0.2, 0) is 4.74 Å². The van der Waals surface area contributed by atoms with Crippen molar-refractivity contribution in [2.24, 2.45) is 5.41 Å². The summed E-state index contributed by atoms with van der Waals surface area (Å²) < 4.78 is 10.5. The van der Waals surface area contributed by atoms with E-state index in [0.717, 1.165) is 25.5 Å². The molecule has 1 N–H and O–H groups in total. The van der Waals surface area contributed by atoms with Crippen LogP contribution >= 0.6 is 0 Å². The summed E-state index contributed by atoms with van der Waals surface area (Å²) in [6, 6.07) is 10.1. The Bertz CT molecular complexity index is 446. The van der Waals surface area contributed by atoms with Crippen LogP contribution in [0, 0.1) is 16.7 Å². The maximum atomic E-state index is 8.45. The molecule has 1 aliphatic rings.